The van der Waals surface area contributed by atoms with E-state index >= 15 is 0 Å². The van der Waals surface area contributed by atoms with Crippen LogP contribution in [0.2, 0.25) is 0 Å². The maximum Gasteiger partial charge on any atom is 0.124 e. The maximum atomic E-state index is 5.40. The Labute approximate surface area is 122 Å². The monoisotopic (exact) mass is 319 g/mol. The van der Waals surface area contributed by atoms with Gasteiger partial charge in [-0.3, -0.25) is 0 Å². The Hall–Kier alpha value is -1.48. The van der Waals surface area contributed by atoms with Crippen LogP contribution in [0.5, 0.6) is 5.75 Å². The largest absolute Gasteiger partial charge is 0.496 e. The van der Waals surface area contributed by atoms with Gasteiger partial charge in [-0.05, 0) is 43.7 Å². The molecule has 0 saturated carbocycles. The fourth-order valence-corrected chi connectivity index (χ4v) is 2.33. The molecule has 1 unspecified atom stereocenters. The van der Waals surface area contributed by atoms with Crippen LogP contribution in [-0.2, 0) is 0 Å². The van der Waals surface area contributed by atoms with Crippen molar-refractivity contribution in [3.63, 3.8) is 0 Å². The van der Waals surface area contributed by atoms with Crippen molar-refractivity contribution >= 4 is 21.6 Å². The number of rotatable bonds is 4. The van der Waals surface area contributed by atoms with Crippen molar-refractivity contribution in [2.75, 3.05) is 12.4 Å². The summed E-state index contributed by atoms with van der Waals surface area (Å²) in [4.78, 5) is 0. The van der Waals surface area contributed by atoms with E-state index in [4.69, 9.17) is 4.74 Å². The smallest absolute Gasteiger partial charge is 0.124 e. The molecule has 2 aromatic rings. The standard InChI is InChI=1S/C16H18BrNO/c1-11-10-13(8-9-15(11)17)18-12(2)14-6-4-5-7-16(14)19-3/h4-10,12,18H,1-3H3. The number of hydrogen-bond acceptors (Lipinski definition) is 2. The zero-order valence-electron chi connectivity index (χ0n) is 11.4. The van der Waals surface area contributed by atoms with Gasteiger partial charge in [0.05, 0.1) is 13.2 Å². The lowest BCUT2D eigenvalue weighted by atomic mass is 10.1. The van der Waals surface area contributed by atoms with Gasteiger partial charge in [-0.15, -0.1) is 0 Å². The lowest BCUT2D eigenvalue weighted by Gasteiger charge is -2.18. The van der Waals surface area contributed by atoms with Crippen LogP contribution in [0.4, 0.5) is 5.69 Å². The summed E-state index contributed by atoms with van der Waals surface area (Å²) in [5.41, 5.74) is 3.49. The molecule has 100 valence electrons. The van der Waals surface area contributed by atoms with E-state index in [-0.39, 0.29) is 6.04 Å². The van der Waals surface area contributed by atoms with Crippen molar-refractivity contribution in [3.05, 3.63) is 58.1 Å². The van der Waals surface area contributed by atoms with Crippen LogP contribution in [-0.4, -0.2) is 7.11 Å². The number of methoxy groups -OCH3 is 1. The quantitative estimate of drug-likeness (QED) is 0.861. The Kier molecular flexibility index (Phi) is 4.48. The molecule has 2 rings (SSSR count). The highest BCUT2D eigenvalue weighted by molar-refractivity contribution is 9.10. The summed E-state index contributed by atoms with van der Waals surface area (Å²) in [6.45, 7) is 4.22. The summed E-state index contributed by atoms with van der Waals surface area (Å²) >= 11 is 3.52. The molecule has 2 nitrogen and oxygen atoms in total. The molecule has 1 atom stereocenters. The third-order valence-electron chi connectivity index (χ3n) is 3.15. The van der Waals surface area contributed by atoms with Gasteiger partial charge < -0.3 is 10.1 Å². The van der Waals surface area contributed by atoms with Crippen LogP contribution >= 0.6 is 15.9 Å². The molecule has 0 fully saturated rings. The van der Waals surface area contributed by atoms with Gasteiger partial charge in [-0.25, -0.2) is 0 Å². The first kappa shape index (κ1) is 13.9. The van der Waals surface area contributed by atoms with Gasteiger partial charge in [0.2, 0.25) is 0 Å². The third kappa shape index (κ3) is 3.29. The van der Waals surface area contributed by atoms with Crippen LogP contribution in [0.25, 0.3) is 0 Å². The van der Waals surface area contributed by atoms with Crippen LogP contribution in [0.1, 0.15) is 24.1 Å². The molecule has 0 radical (unpaired) electrons. The minimum absolute atomic E-state index is 0.191. The van der Waals surface area contributed by atoms with Crippen molar-refractivity contribution < 1.29 is 4.74 Å². The van der Waals surface area contributed by atoms with Gasteiger partial charge in [-0.1, -0.05) is 34.1 Å². The van der Waals surface area contributed by atoms with Crippen molar-refractivity contribution in [1.82, 2.24) is 0 Å². The molecule has 0 heterocycles. The molecule has 0 aromatic heterocycles. The van der Waals surface area contributed by atoms with E-state index in [9.17, 15) is 0 Å². The van der Waals surface area contributed by atoms with Crippen molar-refractivity contribution in [3.8, 4) is 5.75 Å². The molecule has 0 aliphatic carbocycles. The van der Waals surface area contributed by atoms with Gasteiger partial charge in [0, 0.05) is 15.7 Å². The Bertz CT molecular complexity index is 568. The number of hydrogen-bond donors (Lipinski definition) is 1. The number of benzene rings is 2. The summed E-state index contributed by atoms with van der Waals surface area (Å²) in [6.07, 6.45) is 0. The molecule has 0 aliphatic rings. The molecule has 2 aromatic carbocycles. The summed E-state index contributed by atoms with van der Waals surface area (Å²) < 4.78 is 6.53. The number of halogens is 1. The van der Waals surface area contributed by atoms with Gasteiger partial charge in [0.25, 0.3) is 0 Å². The van der Waals surface area contributed by atoms with E-state index in [1.807, 2.05) is 18.2 Å². The minimum atomic E-state index is 0.191. The van der Waals surface area contributed by atoms with Crippen LogP contribution in [0, 0.1) is 6.92 Å². The molecular weight excluding hydrogens is 302 g/mol. The molecule has 1 N–H and O–H groups in total. The first-order valence-electron chi connectivity index (χ1n) is 6.27. The van der Waals surface area contributed by atoms with E-state index in [1.54, 1.807) is 7.11 Å². The summed E-state index contributed by atoms with van der Waals surface area (Å²) in [7, 11) is 1.70. The first-order chi connectivity index (χ1) is 9.11. The second-order valence-corrected chi connectivity index (χ2v) is 5.43. The lowest BCUT2D eigenvalue weighted by molar-refractivity contribution is 0.408. The minimum Gasteiger partial charge on any atom is -0.496 e. The zero-order chi connectivity index (χ0) is 13.8. The van der Waals surface area contributed by atoms with E-state index < -0.39 is 0 Å². The number of nitrogens with one attached hydrogen (secondary N) is 1. The van der Waals surface area contributed by atoms with Gasteiger partial charge >= 0.3 is 0 Å². The fourth-order valence-electron chi connectivity index (χ4n) is 2.09. The number of para-hydroxylation sites is 1. The molecule has 0 amide bonds. The highest BCUT2D eigenvalue weighted by Crippen LogP contribution is 2.28. The predicted molar refractivity (Wildman–Crippen MR) is 83.9 cm³/mol. The van der Waals surface area contributed by atoms with Crippen molar-refractivity contribution in [2.24, 2.45) is 0 Å². The van der Waals surface area contributed by atoms with Gasteiger partial charge in [0.15, 0.2) is 0 Å². The zero-order valence-corrected chi connectivity index (χ0v) is 13.0. The first-order valence-corrected chi connectivity index (χ1v) is 7.06. The van der Waals surface area contributed by atoms with Crippen LogP contribution in [0.15, 0.2) is 46.9 Å². The van der Waals surface area contributed by atoms with E-state index in [2.05, 4.69) is 59.4 Å². The summed E-state index contributed by atoms with van der Waals surface area (Å²) in [5.74, 6) is 0.913. The SMILES string of the molecule is COc1ccccc1C(C)Nc1ccc(Br)c(C)c1. The Balaban J connectivity index is 2.20. The average molecular weight is 320 g/mol. The van der Waals surface area contributed by atoms with Crippen LogP contribution < -0.4 is 10.1 Å². The fraction of sp³-hybridized carbons (Fsp3) is 0.250. The topological polar surface area (TPSA) is 21.3 Å². The molecule has 3 heteroatoms. The highest BCUT2D eigenvalue weighted by Gasteiger charge is 2.10. The second kappa shape index (κ2) is 6.11. The Morgan fingerprint density at radius 2 is 1.89 bits per heavy atom. The molecular formula is C16H18BrNO. The molecule has 0 spiro atoms. The molecule has 0 saturated heterocycles. The maximum absolute atomic E-state index is 5.40. The second-order valence-electron chi connectivity index (χ2n) is 4.57. The van der Waals surface area contributed by atoms with Crippen LogP contribution in [0.3, 0.4) is 0 Å². The molecule has 19 heavy (non-hydrogen) atoms. The van der Waals surface area contributed by atoms with E-state index in [0.29, 0.717) is 0 Å². The van der Waals surface area contributed by atoms with E-state index in [0.717, 1.165) is 21.5 Å². The third-order valence-corrected chi connectivity index (χ3v) is 4.04. The average Bonchev–Trinajstić information content (AvgIpc) is 2.43. The molecule has 0 aliphatic heterocycles. The number of ether oxygens (including phenoxy) is 1. The summed E-state index contributed by atoms with van der Waals surface area (Å²) in [5, 5.41) is 3.50. The van der Waals surface area contributed by atoms with E-state index in [1.165, 1.54) is 5.56 Å². The highest BCUT2D eigenvalue weighted by atomic mass is 79.9. The van der Waals surface area contributed by atoms with Gasteiger partial charge in [0.1, 0.15) is 5.75 Å². The number of anilines is 1. The normalized spacial score (nSPS) is 12.0. The number of aryl methyl sites for hydroxylation is 1. The lowest BCUT2D eigenvalue weighted by Crippen LogP contribution is -2.08. The molecule has 0 bridgehead atoms. The Morgan fingerprint density at radius 3 is 2.58 bits per heavy atom. The Morgan fingerprint density at radius 1 is 1.16 bits per heavy atom. The van der Waals surface area contributed by atoms with Crippen molar-refractivity contribution in [2.45, 2.75) is 19.9 Å². The predicted octanol–water partition coefficient (Wildman–Crippen LogP) is 4.94. The summed E-state index contributed by atoms with van der Waals surface area (Å²) in [6, 6.07) is 14.5. The van der Waals surface area contributed by atoms with Crippen molar-refractivity contribution in [1.29, 1.82) is 0 Å². The van der Waals surface area contributed by atoms with Gasteiger partial charge in [-0.2, -0.15) is 0 Å².